The second-order valence-electron chi connectivity index (χ2n) is 7.97. The van der Waals surface area contributed by atoms with E-state index in [-0.39, 0.29) is 18.4 Å². The van der Waals surface area contributed by atoms with Crippen molar-refractivity contribution in [2.75, 3.05) is 19.9 Å². The van der Waals surface area contributed by atoms with Crippen molar-refractivity contribution in [3.05, 3.63) is 40.3 Å². The van der Waals surface area contributed by atoms with Gasteiger partial charge >= 0.3 is 0 Å². The van der Waals surface area contributed by atoms with Crippen molar-refractivity contribution in [2.24, 2.45) is 5.92 Å². The van der Waals surface area contributed by atoms with Crippen molar-refractivity contribution < 1.29 is 23.8 Å². The van der Waals surface area contributed by atoms with Gasteiger partial charge in [-0.2, -0.15) is 0 Å². The fraction of sp³-hybridized carbons (Fsp3) is 0.650. The average molecular weight is 364 g/mol. The van der Waals surface area contributed by atoms with E-state index < -0.39 is 17.9 Å². The maximum Gasteiger partial charge on any atom is 0.296 e. The van der Waals surface area contributed by atoms with Crippen LogP contribution in [0.3, 0.4) is 0 Å². The third-order valence-electron chi connectivity index (χ3n) is 4.07. The molecule has 0 aromatic heterocycles. The summed E-state index contributed by atoms with van der Waals surface area (Å²) in [6, 6.07) is 6.37. The largest absolute Gasteiger partial charge is 0.346 e. The van der Waals surface area contributed by atoms with Gasteiger partial charge < -0.3 is 14.2 Å². The topological polar surface area (TPSA) is 64.8 Å². The molecule has 0 unspecified atom stereocenters. The molecule has 0 spiro atoms. The number of benzene rings is 1. The molecular weight excluding hydrogens is 334 g/mol. The highest BCUT2D eigenvalue weighted by Crippen LogP contribution is 2.28. The molecular formula is C20H30NO5+. The number of ether oxygens (including phenoxy) is 3. The summed E-state index contributed by atoms with van der Waals surface area (Å²) in [6.07, 6.45) is -0.0999. The summed E-state index contributed by atoms with van der Waals surface area (Å²) < 4.78 is 17.4. The first-order valence-electron chi connectivity index (χ1n) is 9.13. The predicted octanol–water partition coefficient (Wildman–Crippen LogP) is 3.88. The Kier molecular flexibility index (Phi) is 7.03. The smallest absolute Gasteiger partial charge is 0.296 e. The molecule has 0 radical (unpaired) electrons. The first-order valence-corrected chi connectivity index (χ1v) is 9.13. The number of hydrogen-bond acceptors (Lipinski definition) is 5. The van der Waals surface area contributed by atoms with Crippen LogP contribution < -0.4 is 0 Å². The van der Waals surface area contributed by atoms with E-state index in [0.29, 0.717) is 30.8 Å². The Hall–Kier alpha value is -1.63. The van der Waals surface area contributed by atoms with Crippen LogP contribution in [-0.2, 0) is 14.2 Å². The molecule has 144 valence electrons. The summed E-state index contributed by atoms with van der Waals surface area (Å²) in [5, 5.41) is 0. The molecule has 2 rings (SSSR count). The van der Waals surface area contributed by atoms with Gasteiger partial charge in [0, 0.05) is 27.2 Å². The van der Waals surface area contributed by atoms with Gasteiger partial charge in [0.25, 0.3) is 12.8 Å². The molecule has 1 aliphatic rings. The van der Waals surface area contributed by atoms with E-state index in [2.05, 4.69) is 0 Å². The molecule has 1 heterocycles. The molecule has 6 heteroatoms. The van der Waals surface area contributed by atoms with E-state index in [0.717, 1.165) is 4.76 Å². The van der Waals surface area contributed by atoms with E-state index in [1.54, 1.807) is 12.1 Å². The van der Waals surface area contributed by atoms with Crippen LogP contribution in [0, 0.1) is 10.8 Å². The SMILES string of the molecule is CC(C)C[C@H](C(=O)c1ccccc1C1OCCO1)[N+](=O)COC(C)(C)C. The molecule has 0 aliphatic carbocycles. The molecule has 1 saturated heterocycles. The minimum atomic E-state index is -0.806. The summed E-state index contributed by atoms with van der Waals surface area (Å²) in [5.41, 5.74) is 0.702. The molecule has 1 aromatic carbocycles. The van der Waals surface area contributed by atoms with Crippen LogP contribution >= 0.6 is 0 Å². The summed E-state index contributed by atoms with van der Waals surface area (Å²) in [6.45, 7) is 10.5. The van der Waals surface area contributed by atoms with Crippen molar-refractivity contribution in [3.8, 4) is 0 Å². The molecule has 1 fully saturated rings. The summed E-state index contributed by atoms with van der Waals surface area (Å²) in [7, 11) is 0. The van der Waals surface area contributed by atoms with E-state index >= 15 is 0 Å². The Labute approximate surface area is 155 Å². The van der Waals surface area contributed by atoms with Crippen molar-refractivity contribution in [1.82, 2.24) is 0 Å². The maximum absolute atomic E-state index is 13.2. The van der Waals surface area contributed by atoms with Gasteiger partial charge in [-0.3, -0.25) is 4.79 Å². The fourth-order valence-electron chi connectivity index (χ4n) is 2.79. The third kappa shape index (κ3) is 5.69. The Morgan fingerprint density at radius 3 is 2.42 bits per heavy atom. The number of rotatable bonds is 8. The fourth-order valence-corrected chi connectivity index (χ4v) is 2.79. The van der Waals surface area contributed by atoms with Crippen molar-refractivity contribution in [2.45, 2.75) is 59.0 Å². The molecule has 1 aromatic rings. The van der Waals surface area contributed by atoms with Crippen LogP contribution in [0.1, 0.15) is 63.3 Å². The number of nitrogens with zero attached hydrogens (tertiary/aromatic N) is 1. The lowest BCUT2D eigenvalue weighted by molar-refractivity contribution is -0.613. The van der Waals surface area contributed by atoms with Gasteiger partial charge in [-0.1, -0.05) is 38.1 Å². The normalized spacial score (nSPS) is 16.8. The highest BCUT2D eigenvalue weighted by molar-refractivity contribution is 6.00. The highest BCUT2D eigenvalue weighted by Gasteiger charge is 2.38. The van der Waals surface area contributed by atoms with Crippen LogP contribution in [0.15, 0.2) is 24.3 Å². The minimum Gasteiger partial charge on any atom is -0.346 e. The number of nitroso groups, excluding NO2 is 1. The van der Waals surface area contributed by atoms with Gasteiger partial charge in [0.15, 0.2) is 6.29 Å². The molecule has 0 amide bonds. The quantitative estimate of drug-likeness (QED) is 0.398. The minimum absolute atomic E-state index is 0.148. The van der Waals surface area contributed by atoms with Crippen LogP contribution in [0.2, 0.25) is 0 Å². The zero-order valence-corrected chi connectivity index (χ0v) is 16.4. The number of Topliss-reactive ketones (excluding diaryl/α,β-unsaturated/α-hetero) is 1. The van der Waals surface area contributed by atoms with Crippen molar-refractivity contribution in [3.63, 3.8) is 0 Å². The van der Waals surface area contributed by atoms with Crippen LogP contribution in [0.25, 0.3) is 0 Å². The number of carbonyl (C=O) groups is 1. The van der Waals surface area contributed by atoms with E-state index in [9.17, 15) is 9.70 Å². The van der Waals surface area contributed by atoms with Crippen LogP contribution in [-0.4, -0.2) is 42.1 Å². The molecule has 6 nitrogen and oxygen atoms in total. The van der Waals surface area contributed by atoms with Gasteiger partial charge in [-0.05, 0) is 26.7 Å². The molecule has 0 N–H and O–H groups in total. The summed E-state index contributed by atoms with van der Waals surface area (Å²) in [4.78, 5) is 25.9. The molecule has 1 aliphatic heterocycles. The first-order chi connectivity index (χ1) is 12.2. The molecule has 0 saturated carbocycles. The van der Waals surface area contributed by atoms with E-state index in [1.165, 1.54) is 0 Å². The zero-order chi connectivity index (χ0) is 19.3. The van der Waals surface area contributed by atoms with Gasteiger partial charge in [0.2, 0.25) is 5.78 Å². The molecule has 0 bridgehead atoms. The monoisotopic (exact) mass is 364 g/mol. The Bertz CT molecular complexity index is 629. The van der Waals surface area contributed by atoms with Crippen LogP contribution in [0.4, 0.5) is 0 Å². The predicted molar refractivity (Wildman–Crippen MR) is 98.0 cm³/mol. The van der Waals surface area contributed by atoms with Gasteiger partial charge in [-0.15, -0.1) is 0 Å². The standard InChI is InChI=1S/C20H30NO5/c1-14(2)12-17(21(23)13-26-20(3,4)5)18(22)15-8-6-7-9-16(15)19-24-10-11-25-19/h6-9,14,17,19H,10-13H2,1-5H3/q+1/t17-/m1/s1. The first kappa shape index (κ1) is 20.7. The Morgan fingerprint density at radius 2 is 1.85 bits per heavy atom. The average Bonchev–Trinajstić information content (AvgIpc) is 3.10. The van der Waals surface area contributed by atoms with Crippen molar-refractivity contribution in [1.29, 1.82) is 0 Å². The summed E-state index contributed by atoms with van der Waals surface area (Å²) in [5.74, 6) is -0.0258. The number of ketones is 1. The Balaban J connectivity index is 2.25. The zero-order valence-electron chi connectivity index (χ0n) is 16.4. The van der Waals surface area contributed by atoms with Crippen LogP contribution in [0.5, 0.6) is 0 Å². The van der Waals surface area contributed by atoms with E-state index in [1.807, 2.05) is 46.8 Å². The lowest BCUT2D eigenvalue weighted by atomic mass is 9.93. The Morgan fingerprint density at radius 1 is 1.23 bits per heavy atom. The lowest BCUT2D eigenvalue weighted by Gasteiger charge is -2.19. The second-order valence-corrected chi connectivity index (χ2v) is 7.97. The molecule has 1 atom stereocenters. The third-order valence-corrected chi connectivity index (χ3v) is 4.07. The second kappa shape index (κ2) is 8.84. The van der Waals surface area contributed by atoms with Gasteiger partial charge in [0.05, 0.1) is 18.8 Å². The van der Waals surface area contributed by atoms with Crippen molar-refractivity contribution >= 4 is 5.78 Å². The molecule has 26 heavy (non-hydrogen) atoms. The number of hydrogen-bond donors (Lipinski definition) is 0. The van der Waals surface area contributed by atoms with Gasteiger partial charge in [-0.25, -0.2) is 0 Å². The van der Waals surface area contributed by atoms with E-state index in [4.69, 9.17) is 14.2 Å². The van der Waals surface area contributed by atoms with Gasteiger partial charge in [0.1, 0.15) is 0 Å². The maximum atomic E-state index is 13.2. The number of carbonyl (C=O) groups excluding carboxylic acids is 1. The lowest BCUT2D eigenvalue weighted by Crippen LogP contribution is -2.38. The highest BCUT2D eigenvalue weighted by atomic mass is 16.7. The summed E-state index contributed by atoms with van der Waals surface area (Å²) >= 11 is 0.